The zero-order valence-electron chi connectivity index (χ0n) is 11.7. The number of carbonyl (C=O) groups excluding carboxylic acids is 2. The Morgan fingerprint density at radius 1 is 1.32 bits per heavy atom. The van der Waals surface area contributed by atoms with Gasteiger partial charge in [-0.05, 0) is 18.2 Å². The molecule has 4 nitrogen and oxygen atoms in total. The number of benzene rings is 1. The number of halogens is 4. The number of carbonyl (C=O) groups is 2. The highest BCUT2D eigenvalue weighted by molar-refractivity contribution is 6.34. The van der Waals surface area contributed by atoms with Crippen molar-refractivity contribution in [2.45, 2.75) is 20.0 Å². The molecule has 8 heteroatoms. The molecule has 118 valence electrons. The van der Waals surface area contributed by atoms with Crippen LogP contribution >= 0.6 is 11.6 Å². The molecule has 1 amide bonds. The predicted octanol–water partition coefficient (Wildman–Crippen LogP) is 3.66. The summed E-state index contributed by atoms with van der Waals surface area (Å²) in [4.78, 5) is 23.6. The molecule has 1 N–H and O–H groups in total. The van der Waals surface area contributed by atoms with Gasteiger partial charge in [-0.2, -0.15) is 18.4 Å². The molecule has 0 unspecified atom stereocenters. The number of ketones is 1. The van der Waals surface area contributed by atoms with E-state index >= 15 is 0 Å². The first-order valence-corrected chi connectivity index (χ1v) is 6.56. The number of nitrogens with one attached hydrogen (secondary N) is 1. The molecule has 0 fully saturated rings. The van der Waals surface area contributed by atoms with E-state index in [-0.39, 0.29) is 10.7 Å². The number of amides is 1. The minimum Gasteiger partial charge on any atom is -0.323 e. The maximum Gasteiger partial charge on any atom is 0.416 e. The summed E-state index contributed by atoms with van der Waals surface area (Å²) in [6.07, 6.45) is -4.60. The van der Waals surface area contributed by atoms with E-state index in [9.17, 15) is 22.8 Å². The average Bonchev–Trinajstić information content (AvgIpc) is 2.40. The molecule has 0 aromatic heterocycles. The van der Waals surface area contributed by atoms with Crippen LogP contribution in [0.15, 0.2) is 18.2 Å². The Morgan fingerprint density at radius 2 is 1.91 bits per heavy atom. The van der Waals surface area contributed by atoms with Gasteiger partial charge < -0.3 is 5.32 Å². The van der Waals surface area contributed by atoms with Crippen LogP contribution in [0.25, 0.3) is 0 Å². The van der Waals surface area contributed by atoms with Crippen LogP contribution in [0.4, 0.5) is 18.9 Å². The summed E-state index contributed by atoms with van der Waals surface area (Å²) in [6.45, 7) is 3.02. The molecule has 1 atom stereocenters. The molecule has 0 saturated heterocycles. The molecule has 0 heterocycles. The van der Waals surface area contributed by atoms with Gasteiger partial charge in [0, 0.05) is 5.92 Å². The molecular weight excluding hydrogens is 321 g/mol. The minimum absolute atomic E-state index is 0.130. The second-order valence-corrected chi connectivity index (χ2v) is 5.21. The lowest BCUT2D eigenvalue weighted by molar-refractivity contribution is -0.137. The number of hydrogen-bond acceptors (Lipinski definition) is 3. The standard InChI is InChI=1S/C14H12ClF3N2O2/c1-7(2)12(21)9(6-19)13(22)20-11-5-8(14(16,17)18)3-4-10(11)15/h3-5,7,9H,1-2H3,(H,20,22)/t9-/m1/s1. The zero-order valence-corrected chi connectivity index (χ0v) is 12.4. The molecule has 1 rings (SSSR count). The molecule has 22 heavy (non-hydrogen) atoms. The van der Waals surface area contributed by atoms with Gasteiger partial charge in [0.2, 0.25) is 5.91 Å². The molecular formula is C14H12ClF3N2O2. The quantitative estimate of drug-likeness (QED) is 0.855. The molecule has 0 spiro atoms. The van der Waals surface area contributed by atoms with Crippen molar-refractivity contribution in [3.8, 4) is 6.07 Å². The van der Waals surface area contributed by atoms with Crippen molar-refractivity contribution < 1.29 is 22.8 Å². The summed E-state index contributed by atoms with van der Waals surface area (Å²) in [7, 11) is 0. The van der Waals surface area contributed by atoms with Crippen molar-refractivity contribution in [3.05, 3.63) is 28.8 Å². The fourth-order valence-corrected chi connectivity index (χ4v) is 1.75. The van der Waals surface area contributed by atoms with Gasteiger partial charge >= 0.3 is 6.18 Å². The highest BCUT2D eigenvalue weighted by atomic mass is 35.5. The second-order valence-electron chi connectivity index (χ2n) is 4.80. The van der Waals surface area contributed by atoms with E-state index in [1.54, 1.807) is 6.07 Å². The normalized spacial score (nSPS) is 12.6. The summed E-state index contributed by atoms with van der Waals surface area (Å²) in [5.74, 6) is -3.80. The van der Waals surface area contributed by atoms with E-state index in [2.05, 4.69) is 5.32 Å². The topological polar surface area (TPSA) is 70.0 Å². The fraction of sp³-hybridized carbons (Fsp3) is 0.357. The SMILES string of the molecule is CC(C)C(=O)[C@@H](C#N)C(=O)Nc1cc(C(F)(F)F)ccc1Cl. The van der Waals surface area contributed by atoms with Crippen molar-refractivity contribution in [2.24, 2.45) is 11.8 Å². The van der Waals surface area contributed by atoms with Crippen molar-refractivity contribution in [3.63, 3.8) is 0 Å². The average molecular weight is 333 g/mol. The van der Waals surface area contributed by atoms with Crippen LogP contribution < -0.4 is 5.32 Å². The van der Waals surface area contributed by atoms with E-state index in [0.29, 0.717) is 6.07 Å². The van der Waals surface area contributed by atoms with Crippen LogP contribution in [0, 0.1) is 23.2 Å². The predicted molar refractivity (Wildman–Crippen MR) is 74.0 cm³/mol. The Hall–Kier alpha value is -2.07. The number of alkyl halides is 3. The van der Waals surface area contributed by atoms with Crippen LogP contribution in [-0.2, 0) is 15.8 Å². The number of Topliss-reactive ketones (excluding diaryl/α,β-unsaturated/α-hetero) is 1. The number of anilines is 1. The van der Waals surface area contributed by atoms with Gasteiger partial charge in [-0.25, -0.2) is 0 Å². The Kier molecular flexibility index (Phi) is 5.55. The van der Waals surface area contributed by atoms with E-state index < -0.39 is 35.3 Å². The largest absolute Gasteiger partial charge is 0.416 e. The molecule has 0 radical (unpaired) electrons. The molecule has 1 aromatic rings. The van der Waals surface area contributed by atoms with Gasteiger partial charge in [-0.15, -0.1) is 0 Å². The van der Waals surface area contributed by atoms with Crippen molar-refractivity contribution in [2.75, 3.05) is 5.32 Å². The Morgan fingerprint density at radius 3 is 2.36 bits per heavy atom. The van der Waals surface area contributed by atoms with Gasteiger partial charge in [-0.1, -0.05) is 25.4 Å². The number of hydrogen-bond donors (Lipinski definition) is 1. The van der Waals surface area contributed by atoms with Gasteiger partial charge in [-0.3, -0.25) is 9.59 Å². The van der Waals surface area contributed by atoms with Crippen LogP contribution in [0.1, 0.15) is 19.4 Å². The fourth-order valence-electron chi connectivity index (χ4n) is 1.59. The highest BCUT2D eigenvalue weighted by Crippen LogP contribution is 2.34. The van der Waals surface area contributed by atoms with Crippen molar-refractivity contribution in [1.82, 2.24) is 0 Å². The highest BCUT2D eigenvalue weighted by Gasteiger charge is 2.32. The van der Waals surface area contributed by atoms with Gasteiger partial charge in [0.15, 0.2) is 11.7 Å². The monoisotopic (exact) mass is 332 g/mol. The second kappa shape index (κ2) is 6.79. The summed E-state index contributed by atoms with van der Waals surface area (Å²) < 4.78 is 37.9. The van der Waals surface area contributed by atoms with Gasteiger partial charge in [0.25, 0.3) is 0 Å². The first kappa shape index (κ1) is 18.0. The van der Waals surface area contributed by atoms with E-state index in [4.69, 9.17) is 16.9 Å². The first-order chi connectivity index (χ1) is 10.1. The van der Waals surface area contributed by atoms with Gasteiger partial charge in [0.05, 0.1) is 22.3 Å². The minimum atomic E-state index is -4.60. The van der Waals surface area contributed by atoms with Crippen LogP contribution in [0.5, 0.6) is 0 Å². The molecule has 0 aliphatic heterocycles. The van der Waals surface area contributed by atoms with Crippen molar-refractivity contribution in [1.29, 1.82) is 5.26 Å². The number of nitrogens with zero attached hydrogens (tertiary/aromatic N) is 1. The summed E-state index contributed by atoms with van der Waals surface area (Å²) in [6, 6.07) is 3.93. The maximum atomic E-state index is 12.6. The lowest BCUT2D eigenvalue weighted by Gasteiger charge is -2.14. The van der Waals surface area contributed by atoms with Crippen LogP contribution in [0.2, 0.25) is 5.02 Å². The molecule has 0 bridgehead atoms. The third kappa shape index (κ3) is 4.21. The molecule has 0 aliphatic rings. The molecule has 0 saturated carbocycles. The summed E-state index contributed by atoms with van der Waals surface area (Å²) in [5.41, 5.74) is -1.31. The van der Waals surface area contributed by atoms with E-state index in [1.807, 2.05) is 0 Å². The smallest absolute Gasteiger partial charge is 0.323 e. The zero-order chi connectivity index (χ0) is 17.1. The Bertz CT molecular complexity index is 636. The van der Waals surface area contributed by atoms with Crippen molar-refractivity contribution >= 4 is 29.0 Å². The molecule has 1 aromatic carbocycles. The van der Waals surface area contributed by atoms with Gasteiger partial charge in [0.1, 0.15) is 0 Å². The lowest BCUT2D eigenvalue weighted by Crippen LogP contribution is -2.31. The third-order valence-electron chi connectivity index (χ3n) is 2.80. The lowest BCUT2D eigenvalue weighted by atomic mass is 9.95. The number of rotatable bonds is 4. The summed E-state index contributed by atoms with van der Waals surface area (Å²) in [5, 5.41) is 10.9. The molecule has 0 aliphatic carbocycles. The van der Waals surface area contributed by atoms with Crippen LogP contribution in [-0.4, -0.2) is 11.7 Å². The van der Waals surface area contributed by atoms with Crippen LogP contribution in [0.3, 0.4) is 0 Å². The first-order valence-electron chi connectivity index (χ1n) is 6.19. The van der Waals surface area contributed by atoms with E-state index in [1.165, 1.54) is 13.8 Å². The maximum absolute atomic E-state index is 12.6. The third-order valence-corrected chi connectivity index (χ3v) is 3.13. The number of nitriles is 1. The Balaban J connectivity index is 3.06. The Labute approximate surface area is 129 Å². The summed E-state index contributed by atoms with van der Waals surface area (Å²) >= 11 is 5.73. The van der Waals surface area contributed by atoms with E-state index in [0.717, 1.165) is 12.1 Å².